The van der Waals surface area contributed by atoms with Crippen molar-refractivity contribution >= 4 is 0 Å². The molecule has 1 aromatic carbocycles. The molecule has 20 heavy (non-hydrogen) atoms. The maximum Gasteiger partial charge on any atom is 0.119 e. The quantitative estimate of drug-likeness (QED) is 0.896. The standard InChI is InChI=1S/C17H28N2O/c1-4-20-16-10-8-15(9-11-16)17(18)12-19-13(2)6-5-7-14(19)3/h8-11,13-14,17H,4-7,12,18H2,1-3H3/t13-,14+,17?. The molecular formula is C17H28N2O. The van der Waals surface area contributed by atoms with Crippen LogP contribution >= 0.6 is 0 Å². The van der Waals surface area contributed by atoms with E-state index in [1.807, 2.05) is 19.1 Å². The van der Waals surface area contributed by atoms with E-state index in [2.05, 4.69) is 30.9 Å². The van der Waals surface area contributed by atoms with Crippen LogP contribution in [0.5, 0.6) is 5.75 Å². The van der Waals surface area contributed by atoms with Gasteiger partial charge in [0.2, 0.25) is 0 Å². The number of hydrogen-bond acceptors (Lipinski definition) is 3. The van der Waals surface area contributed by atoms with Crippen molar-refractivity contribution in [3.8, 4) is 5.75 Å². The van der Waals surface area contributed by atoms with Crippen molar-refractivity contribution < 1.29 is 4.74 Å². The van der Waals surface area contributed by atoms with E-state index in [1.165, 1.54) is 24.8 Å². The zero-order valence-electron chi connectivity index (χ0n) is 13.0. The zero-order chi connectivity index (χ0) is 14.5. The van der Waals surface area contributed by atoms with Crippen LogP contribution in [-0.2, 0) is 0 Å². The first-order valence-corrected chi connectivity index (χ1v) is 7.86. The SMILES string of the molecule is CCOc1ccc(C(N)CN2[C@H](C)CCC[C@@H]2C)cc1. The van der Waals surface area contributed by atoms with Crippen LogP contribution in [-0.4, -0.2) is 30.1 Å². The highest BCUT2D eigenvalue weighted by atomic mass is 16.5. The molecule has 112 valence electrons. The summed E-state index contributed by atoms with van der Waals surface area (Å²) >= 11 is 0. The lowest BCUT2D eigenvalue weighted by molar-refractivity contribution is 0.0961. The minimum atomic E-state index is 0.0775. The van der Waals surface area contributed by atoms with Crippen LogP contribution < -0.4 is 10.5 Å². The topological polar surface area (TPSA) is 38.5 Å². The lowest BCUT2D eigenvalue weighted by Crippen LogP contribution is -2.46. The van der Waals surface area contributed by atoms with E-state index in [4.69, 9.17) is 10.5 Å². The van der Waals surface area contributed by atoms with Crippen molar-refractivity contribution in [1.29, 1.82) is 0 Å². The first-order chi connectivity index (χ1) is 9.61. The molecule has 3 atom stereocenters. The van der Waals surface area contributed by atoms with Crippen LogP contribution in [0.1, 0.15) is 51.6 Å². The molecule has 1 heterocycles. The zero-order valence-corrected chi connectivity index (χ0v) is 13.0. The number of hydrogen-bond donors (Lipinski definition) is 1. The average Bonchev–Trinajstić information content (AvgIpc) is 2.44. The van der Waals surface area contributed by atoms with E-state index in [0.29, 0.717) is 18.7 Å². The van der Waals surface area contributed by atoms with E-state index in [0.717, 1.165) is 12.3 Å². The third kappa shape index (κ3) is 3.74. The van der Waals surface area contributed by atoms with Crippen LogP contribution in [0.4, 0.5) is 0 Å². The maximum absolute atomic E-state index is 6.39. The fourth-order valence-electron chi connectivity index (χ4n) is 3.15. The molecule has 3 nitrogen and oxygen atoms in total. The van der Waals surface area contributed by atoms with Crippen LogP contribution in [0.3, 0.4) is 0 Å². The summed E-state index contributed by atoms with van der Waals surface area (Å²) in [6, 6.07) is 9.58. The number of likely N-dealkylation sites (tertiary alicyclic amines) is 1. The van der Waals surface area contributed by atoms with E-state index in [-0.39, 0.29) is 6.04 Å². The van der Waals surface area contributed by atoms with Crippen LogP contribution in [0.25, 0.3) is 0 Å². The van der Waals surface area contributed by atoms with Gasteiger partial charge in [-0.15, -0.1) is 0 Å². The van der Waals surface area contributed by atoms with Crippen molar-refractivity contribution in [3.63, 3.8) is 0 Å². The van der Waals surface area contributed by atoms with Gasteiger partial charge in [-0.25, -0.2) is 0 Å². The molecule has 2 rings (SSSR count). The predicted molar refractivity (Wildman–Crippen MR) is 84.0 cm³/mol. The first-order valence-electron chi connectivity index (χ1n) is 7.86. The van der Waals surface area contributed by atoms with Crippen molar-refractivity contribution in [2.45, 2.75) is 58.2 Å². The second-order valence-corrected chi connectivity index (χ2v) is 5.93. The van der Waals surface area contributed by atoms with Crippen LogP contribution in [0, 0.1) is 0 Å². The van der Waals surface area contributed by atoms with Gasteiger partial charge in [0.05, 0.1) is 6.61 Å². The Morgan fingerprint density at radius 2 is 1.80 bits per heavy atom. The van der Waals surface area contributed by atoms with E-state index in [1.54, 1.807) is 0 Å². The summed E-state index contributed by atoms with van der Waals surface area (Å²) in [5.74, 6) is 0.920. The number of nitrogens with two attached hydrogens (primary N) is 1. The maximum atomic E-state index is 6.39. The summed E-state index contributed by atoms with van der Waals surface area (Å²) in [6.45, 7) is 8.28. The highest BCUT2D eigenvalue weighted by Crippen LogP contribution is 2.25. The fourth-order valence-corrected chi connectivity index (χ4v) is 3.15. The Morgan fingerprint density at radius 1 is 1.20 bits per heavy atom. The van der Waals surface area contributed by atoms with Gasteiger partial charge in [0.25, 0.3) is 0 Å². The minimum Gasteiger partial charge on any atom is -0.494 e. The van der Waals surface area contributed by atoms with E-state index < -0.39 is 0 Å². The normalized spacial score (nSPS) is 25.4. The molecule has 1 aromatic rings. The van der Waals surface area contributed by atoms with Gasteiger partial charge in [-0.2, -0.15) is 0 Å². The molecule has 0 aromatic heterocycles. The molecule has 1 aliphatic rings. The van der Waals surface area contributed by atoms with Gasteiger partial charge in [0.15, 0.2) is 0 Å². The van der Waals surface area contributed by atoms with Gasteiger partial charge >= 0.3 is 0 Å². The third-order valence-electron chi connectivity index (χ3n) is 4.40. The molecule has 0 amide bonds. The second kappa shape index (κ2) is 7.09. The largest absolute Gasteiger partial charge is 0.494 e. The molecule has 0 aliphatic carbocycles. The average molecular weight is 276 g/mol. The number of rotatable bonds is 5. The monoisotopic (exact) mass is 276 g/mol. The molecule has 0 radical (unpaired) electrons. The molecule has 1 unspecified atom stereocenters. The Morgan fingerprint density at radius 3 is 2.35 bits per heavy atom. The fraction of sp³-hybridized carbons (Fsp3) is 0.647. The van der Waals surface area contributed by atoms with Gasteiger partial charge in [0.1, 0.15) is 5.75 Å². The summed E-state index contributed by atoms with van der Waals surface area (Å²) in [7, 11) is 0. The number of nitrogens with zero attached hydrogens (tertiary/aromatic N) is 1. The molecular weight excluding hydrogens is 248 g/mol. The van der Waals surface area contributed by atoms with Gasteiger partial charge in [-0.05, 0) is 51.3 Å². The van der Waals surface area contributed by atoms with Crippen molar-refractivity contribution in [3.05, 3.63) is 29.8 Å². The van der Waals surface area contributed by atoms with Gasteiger partial charge in [-0.1, -0.05) is 18.6 Å². The summed E-state index contributed by atoms with van der Waals surface area (Å²) < 4.78 is 5.47. The first kappa shape index (κ1) is 15.3. The van der Waals surface area contributed by atoms with Crippen LogP contribution in [0.2, 0.25) is 0 Å². The highest BCUT2D eigenvalue weighted by molar-refractivity contribution is 5.29. The van der Waals surface area contributed by atoms with E-state index >= 15 is 0 Å². The molecule has 1 saturated heterocycles. The lowest BCUT2D eigenvalue weighted by atomic mass is 9.96. The highest BCUT2D eigenvalue weighted by Gasteiger charge is 2.26. The molecule has 1 fully saturated rings. The predicted octanol–water partition coefficient (Wildman–Crippen LogP) is 3.35. The summed E-state index contributed by atoms with van der Waals surface area (Å²) in [6.07, 6.45) is 3.93. The minimum absolute atomic E-state index is 0.0775. The number of ether oxygens (including phenoxy) is 1. The second-order valence-electron chi connectivity index (χ2n) is 5.93. The third-order valence-corrected chi connectivity index (χ3v) is 4.40. The van der Waals surface area contributed by atoms with Crippen LogP contribution in [0.15, 0.2) is 24.3 Å². The van der Waals surface area contributed by atoms with Gasteiger partial charge in [0, 0.05) is 24.7 Å². The Labute approximate surface area is 123 Å². The smallest absolute Gasteiger partial charge is 0.119 e. The van der Waals surface area contributed by atoms with Crippen molar-refractivity contribution in [2.75, 3.05) is 13.2 Å². The number of benzene rings is 1. The Balaban J connectivity index is 1.98. The van der Waals surface area contributed by atoms with Gasteiger partial charge < -0.3 is 10.5 Å². The molecule has 0 bridgehead atoms. The number of piperidine rings is 1. The summed E-state index contributed by atoms with van der Waals surface area (Å²) in [4.78, 5) is 2.56. The molecule has 0 spiro atoms. The Kier molecular flexibility index (Phi) is 5.44. The van der Waals surface area contributed by atoms with Crippen molar-refractivity contribution in [1.82, 2.24) is 4.90 Å². The Hall–Kier alpha value is -1.06. The summed E-state index contributed by atoms with van der Waals surface area (Å²) in [5.41, 5.74) is 7.58. The molecule has 0 saturated carbocycles. The van der Waals surface area contributed by atoms with E-state index in [9.17, 15) is 0 Å². The molecule has 2 N–H and O–H groups in total. The van der Waals surface area contributed by atoms with Crippen molar-refractivity contribution in [2.24, 2.45) is 5.73 Å². The lowest BCUT2D eigenvalue weighted by Gasteiger charge is -2.40. The van der Waals surface area contributed by atoms with Gasteiger partial charge in [-0.3, -0.25) is 4.90 Å². The molecule has 1 aliphatic heterocycles. The molecule has 3 heteroatoms. The Bertz CT molecular complexity index is 394. The summed E-state index contributed by atoms with van der Waals surface area (Å²) in [5, 5.41) is 0.